The van der Waals surface area contributed by atoms with Gasteiger partial charge in [-0.25, -0.2) is 9.98 Å². The van der Waals surface area contributed by atoms with Crippen molar-refractivity contribution in [2.75, 3.05) is 0 Å². The van der Waals surface area contributed by atoms with Crippen molar-refractivity contribution < 1.29 is 0 Å². The van der Waals surface area contributed by atoms with E-state index < -0.39 is 0 Å². The molecule has 72 valence electrons. The molecule has 0 saturated carbocycles. The summed E-state index contributed by atoms with van der Waals surface area (Å²) in [6, 6.07) is 4.23. The van der Waals surface area contributed by atoms with Crippen molar-refractivity contribution in [3.63, 3.8) is 0 Å². The van der Waals surface area contributed by atoms with E-state index in [0.29, 0.717) is 0 Å². The molecule has 1 aliphatic heterocycles. The summed E-state index contributed by atoms with van der Waals surface area (Å²) in [6.07, 6.45) is 7.04. The van der Waals surface area contributed by atoms with Crippen molar-refractivity contribution in [1.29, 1.82) is 0 Å². The summed E-state index contributed by atoms with van der Waals surface area (Å²) in [5, 5.41) is 2.25. The van der Waals surface area contributed by atoms with Crippen LogP contribution in [-0.4, -0.2) is 17.5 Å². The van der Waals surface area contributed by atoms with Crippen LogP contribution in [0.3, 0.4) is 0 Å². The number of aromatic nitrogens is 1. The van der Waals surface area contributed by atoms with Gasteiger partial charge in [0.2, 0.25) is 0 Å². The zero-order valence-corrected chi connectivity index (χ0v) is 8.31. The van der Waals surface area contributed by atoms with Gasteiger partial charge in [0.25, 0.3) is 0 Å². The van der Waals surface area contributed by atoms with E-state index in [1.54, 1.807) is 12.5 Å². The van der Waals surface area contributed by atoms with E-state index in [9.17, 15) is 0 Å². The van der Waals surface area contributed by atoms with Crippen LogP contribution in [0.1, 0.15) is 11.1 Å². The Balaban J connectivity index is 2.54. The molecule has 0 spiro atoms. The molecule has 0 bridgehead atoms. The predicted octanol–water partition coefficient (Wildman–Crippen LogP) is 2.64. The first kappa shape index (κ1) is 8.29. The van der Waals surface area contributed by atoms with Crippen LogP contribution in [-0.2, 0) is 0 Å². The average Bonchev–Trinajstić information content (AvgIpc) is 2.42. The lowest BCUT2D eigenvalue weighted by molar-refractivity contribution is 1.34. The summed E-state index contributed by atoms with van der Waals surface area (Å²) >= 11 is 0. The van der Waals surface area contributed by atoms with Gasteiger partial charge in [-0.05, 0) is 24.6 Å². The normalized spacial score (nSPS) is 13.1. The molecule has 0 unspecified atom stereocenters. The van der Waals surface area contributed by atoms with Crippen molar-refractivity contribution in [2.45, 2.75) is 6.92 Å². The van der Waals surface area contributed by atoms with Gasteiger partial charge < -0.3 is 0 Å². The smallest absolute Gasteiger partial charge is 0.116 e. The predicted molar refractivity (Wildman–Crippen MR) is 62.2 cm³/mol. The fraction of sp³-hybridized carbons (Fsp3) is 0.0833. The fourth-order valence-corrected chi connectivity index (χ4v) is 1.90. The summed E-state index contributed by atoms with van der Waals surface area (Å²) in [7, 11) is 0. The number of pyridine rings is 1. The number of rotatable bonds is 0. The Morgan fingerprint density at radius 3 is 3.00 bits per heavy atom. The highest BCUT2D eigenvalue weighted by Gasteiger charge is 2.07. The van der Waals surface area contributed by atoms with E-state index in [4.69, 9.17) is 0 Å². The highest BCUT2D eigenvalue weighted by Crippen LogP contribution is 2.29. The molecule has 0 fully saturated rings. The van der Waals surface area contributed by atoms with Gasteiger partial charge >= 0.3 is 0 Å². The monoisotopic (exact) mass is 195 g/mol. The van der Waals surface area contributed by atoms with Gasteiger partial charge in [-0.1, -0.05) is 0 Å². The van der Waals surface area contributed by atoms with Crippen LogP contribution in [0.5, 0.6) is 0 Å². The minimum Gasteiger partial charge on any atom is -0.262 e. The molecule has 1 aromatic heterocycles. The van der Waals surface area contributed by atoms with Gasteiger partial charge in [0, 0.05) is 28.7 Å². The first-order valence-electron chi connectivity index (χ1n) is 4.79. The van der Waals surface area contributed by atoms with Crippen LogP contribution in [0.15, 0.2) is 34.5 Å². The van der Waals surface area contributed by atoms with E-state index in [-0.39, 0.29) is 0 Å². The summed E-state index contributed by atoms with van der Waals surface area (Å²) in [4.78, 5) is 12.5. The third-order valence-corrected chi connectivity index (χ3v) is 2.49. The minimum absolute atomic E-state index is 0.889. The standard InChI is InChI=1S/C12H9N3/c1-8-2-9-4-13-6-11-12(9)10(3-8)5-14-7-15-11/h2-7H,1H3. The van der Waals surface area contributed by atoms with Crippen molar-refractivity contribution >= 4 is 29.0 Å². The quantitative estimate of drug-likeness (QED) is 0.636. The second kappa shape index (κ2) is 2.98. The van der Waals surface area contributed by atoms with E-state index in [2.05, 4.69) is 34.0 Å². The topological polar surface area (TPSA) is 37.6 Å². The molecule has 3 rings (SSSR count). The van der Waals surface area contributed by atoms with Crippen LogP contribution in [0.25, 0.3) is 10.8 Å². The lowest BCUT2D eigenvalue weighted by Crippen LogP contribution is -1.87. The number of hydrogen-bond donors (Lipinski definition) is 0. The van der Waals surface area contributed by atoms with Gasteiger partial charge in [-0.2, -0.15) is 0 Å². The van der Waals surface area contributed by atoms with E-state index in [1.165, 1.54) is 5.56 Å². The first-order valence-corrected chi connectivity index (χ1v) is 4.79. The lowest BCUT2D eigenvalue weighted by Gasteiger charge is -2.05. The molecule has 2 heterocycles. The summed E-state index contributed by atoms with van der Waals surface area (Å²) in [5.74, 6) is 0. The average molecular weight is 195 g/mol. The molecule has 0 saturated heterocycles. The summed E-state index contributed by atoms with van der Waals surface area (Å²) in [5.41, 5.74) is 3.21. The van der Waals surface area contributed by atoms with Gasteiger partial charge in [-0.15, -0.1) is 0 Å². The molecule has 0 radical (unpaired) electrons. The Kier molecular flexibility index (Phi) is 1.65. The van der Waals surface area contributed by atoms with E-state index >= 15 is 0 Å². The van der Waals surface area contributed by atoms with Crippen LogP contribution >= 0.6 is 0 Å². The number of hydrogen-bond acceptors (Lipinski definition) is 3. The maximum absolute atomic E-state index is 4.25. The molecular formula is C12H9N3. The van der Waals surface area contributed by atoms with Gasteiger partial charge in [0.05, 0.1) is 11.9 Å². The SMILES string of the molecule is Cc1cc2c3c(cncc3c1)N=CN=C2. The zero-order chi connectivity index (χ0) is 10.3. The lowest BCUT2D eigenvalue weighted by atomic mass is 10.0. The molecule has 0 N–H and O–H groups in total. The number of benzene rings is 1. The van der Waals surface area contributed by atoms with Crippen LogP contribution < -0.4 is 0 Å². The molecule has 3 heteroatoms. The molecule has 0 amide bonds. The maximum atomic E-state index is 4.25. The highest BCUT2D eigenvalue weighted by atomic mass is 14.9. The second-order valence-corrected chi connectivity index (χ2v) is 3.63. The third-order valence-electron chi connectivity index (χ3n) is 2.49. The van der Waals surface area contributed by atoms with Crippen molar-refractivity contribution in [2.24, 2.45) is 9.98 Å². The first-order chi connectivity index (χ1) is 7.34. The number of nitrogens with zero attached hydrogens (tertiary/aromatic N) is 3. The van der Waals surface area contributed by atoms with Crippen molar-refractivity contribution in [1.82, 2.24) is 4.98 Å². The Hall–Kier alpha value is -2.03. The van der Waals surface area contributed by atoms with Crippen molar-refractivity contribution in [3.8, 4) is 0 Å². The fourth-order valence-electron chi connectivity index (χ4n) is 1.90. The Morgan fingerprint density at radius 1 is 1.13 bits per heavy atom. The molecular weight excluding hydrogens is 186 g/mol. The van der Waals surface area contributed by atoms with Crippen LogP contribution in [0.4, 0.5) is 5.69 Å². The highest BCUT2D eigenvalue weighted by molar-refractivity contribution is 6.08. The Bertz CT molecular complexity index is 597. The van der Waals surface area contributed by atoms with Gasteiger partial charge in [-0.3, -0.25) is 4.98 Å². The second-order valence-electron chi connectivity index (χ2n) is 3.63. The molecule has 1 aliphatic rings. The molecule has 0 atom stereocenters. The maximum Gasteiger partial charge on any atom is 0.116 e. The molecule has 3 nitrogen and oxygen atoms in total. The van der Waals surface area contributed by atoms with Crippen LogP contribution in [0, 0.1) is 6.92 Å². The Morgan fingerprint density at radius 2 is 2.07 bits per heavy atom. The Labute approximate surface area is 87.2 Å². The van der Waals surface area contributed by atoms with E-state index in [1.807, 2.05) is 12.4 Å². The summed E-state index contributed by atoms with van der Waals surface area (Å²) in [6.45, 7) is 2.07. The largest absolute Gasteiger partial charge is 0.262 e. The third kappa shape index (κ3) is 1.24. The molecule has 0 aliphatic carbocycles. The van der Waals surface area contributed by atoms with E-state index in [0.717, 1.165) is 22.0 Å². The molecule has 1 aromatic carbocycles. The van der Waals surface area contributed by atoms with Gasteiger partial charge in [0.15, 0.2) is 0 Å². The summed E-state index contributed by atoms with van der Waals surface area (Å²) < 4.78 is 0. The molecule has 15 heavy (non-hydrogen) atoms. The van der Waals surface area contributed by atoms with Gasteiger partial charge in [0.1, 0.15) is 6.34 Å². The van der Waals surface area contributed by atoms with Crippen molar-refractivity contribution in [3.05, 3.63) is 35.7 Å². The minimum atomic E-state index is 0.889. The van der Waals surface area contributed by atoms with Crippen LogP contribution in [0.2, 0.25) is 0 Å². The zero-order valence-electron chi connectivity index (χ0n) is 8.31. The number of aliphatic imine (C=N–C) groups is 2. The number of aryl methyl sites for hydroxylation is 1. The molecule has 2 aromatic rings.